The first-order valence-corrected chi connectivity index (χ1v) is 17.1. The molecule has 0 radical (unpaired) electrons. The number of para-hydroxylation sites is 1. The normalized spacial score (nSPS) is 22.4. The van der Waals surface area contributed by atoms with Gasteiger partial charge in [-0.1, -0.05) is 36.4 Å². The van der Waals surface area contributed by atoms with E-state index in [1.54, 1.807) is 6.07 Å². The predicted octanol–water partition coefficient (Wildman–Crippen LogP) is 5.67. The van der Waals surface area contributed by atoms with E-state index in [1.807, 2.05) is 39.0 Å². The number of nitrogens with zero attached hydrogens (tertiary/aromatic N) is 4. The SMILES string of the molecule is CN1CCC(C2CCN(C(=O)[C@](CC=O)(Cc3cccc(C(F)(F)F)c3)N3CCC(N4Cc5ccccc5NC4=O)CC3)CC2)CC1. The summed E-state index contributed by atoms with van der Waals surface area (Å²) in [6, 6.07) is 12.6. The maximum absolute atomic E-state index is 14.7. The van der Waals surface area contributed by atoms with Crippen LogP contribution in [0, 0.1) is 11.8 Å². The number of nitrogens with one attached hydrogen (secondary N) is 1. The van der Waals surface area contributed by atoms with Gasteiger partial charge in [-0.15, -0.1) is 0 Å². The van der Waals surface area contributed by atoms with Crippen LogP contribution in [0.5, 0.6) is 0 Å². The molecule has 0 aromatic heterocycles. The first-order chi connectivity index (χ1) is 22.6. The number of anilines is 1. The van der Waals surface area contributed by atoms with E-state index in [4.69, 9.17) is 0 Å². The fourth-order valence-corrected chi connectivity index (χ4v) is 8.44. The lowest BCUT2D eigenvalue weighted by Crippen LogP contribution is -2.65. The number of hydrogen-bond acceptors (Lipinski definition) is 5. The summed E-state index contributed by atoms with van der Waals surface area (Å²) in [7, 11) is 2.15. The van der Waals surface area contributed by atoms with E-state index in [-0.39, 0.29) is 30.8 Å². The Labute approximate surface area is 275 Å². The average molecular weight is 654 g/mol. The van der Waals surface area contributed by atoms with Gasteiger partial charge in [0, 0.05) is 57.3 Å². The summed E-state index contributed by atoms with van der Waals surface area (Å²) in [4.78, 5) is 48.2. The molecular weight excluding hydrogens is 607 g/mol. The number of hydrogen-bond donors (Lipinski definition) is 1. The number of piperidine rings is 3. The van der Waals surface area contributed by atoms with Crippen LogP contribution in [0.3, 0.4) is 0 Å². The fraction of sp³-hybridized carbons (Fsp3) is 0.583. The molecule has 8 nitrogen and oxygen atoms in total. The minimum atomic E-state index is -4.52. The molecule has 4 aliphatic rings. The number of alkyl halides is 3. The number of aldehydes is 1. The van der Waals surface area contributed by atoms with Crippen molar-refractivity contribution in [1.82, 2.24) is 19.6 Å². The smallest absolute Gasteiger partial charge is 0.341 e. The molecule has 0 spiro atoms. The highest BCUT2D eigenvalue weighted by Gasteiger charge is 2.49. The molecule has 3 fully saturated rings. The van der Waals surface area contributed by atoms with Crippen molar-refractivity contribution in [3.8, 4) is 0 Å². The van der Waals surface area contributed by atoms with Gasteiger partial charge < -0.3 is 24.8 Å². The third-order valence-electron chi connectivity index (χ3n) is 11.2. The number of urea groups is 1. The van der Waals surface area contributed by atoms with Gasteiger partial charge >= 0.3 is 12.2 Å². The van der Waals surface area contributed by atoms with Crippen LogP contribution >= 0.6 is 0 Å². The van der Waals surface area contributed by atoms with Crippen molar-refractivity contribution < 1.29 is 27.6 Å². The van der Waals surface area contributed by atoms with Gasteiger partial charge in [0.1, 0.15) is 11.8 Å². The Bertz CT molecular complexity index is 1430. The molecule has 3 saturated heterocycles. The number of benzene rings is 2. The van der Waals surface area contributed by atoms with Crippen molar-refractivity contribution in [2.75, 3.05) is 51.6 Å². The molecule has 2 aromatic carbocycles. The van der Waals surface area contributed by atoms with E-state index in [2.05, 4.69) is 17.3 Å². The van der Waals surface area contributed by atoms with Gasteiger partial charge in [0.15, 0.2) is 0 Å². The van der Waals surface area contributed by atoms with E-state index in [0.29, 0.717) is 63.0 Å². The Morgan fingerprint density at radius 1 is 0.894 bits per heavy atom. The zero-order chi connectivity index (χ0) is 33.2. The summed E-state index contributed by atoms with van der Waals surface area (Å²) < 4.78 is 41.2. The second-order valence-electron chi connectivity index (χ2n) is 14.0. The van der Waals surface area contributed by atoms with Gasteiger partial charge in [-0.05, 0) is 93.8 Å². The Morgan fingerprint density at radius 3 is 2.21 bits per heavy atom. The van der Waals surface area contributed by atoms with Crippen LogP contribution in [-0.2, 0) is 28.7 Å². The molecule has 6 rings (SSSR count). The predicted molar refractivity (Wildman–Crippen MR) is 174 cm³/mol. The maximum Gasteiger partial charge on any atom is 0.416 e. The Morgan fingerprint density at radius 2 is 1.55 bits per heavy atom. The van der Waals surface area contributed by atoms with Gasteiger partial charge in [-0.25, -0.2) is 4.79 Å². The Balaban J connectivity index is 1.22. The minimum absolute atomic E-state index is 0.00558. The molecule has 2 aromatic rings. The lowest BCUT2D eigenvalue weighted by Gasteiger charge is -2.50. The van der Waals surface area contributed by atoms with Gasteiger partial charge in [0.25, 0.3) is 0 Å². The zero-order valence-corrected chi connectivity index (χ0v) is 27.2. The summed E-state index contributed by atoms with van der Waals surface area (Å²) in [5.41, 5.74) is 0.145. The van der Waals surface area contributed by atoms with E-state index >= 15 is 0 Å². The first-order valence-electron chi connectivity index (χ1n) is 17.1. The molecule has 254 valence electrons. The van der Waals surface area contributed by atoms with Gasteiger partial charge in [-0.3, -0.25) is 9.69 Å². The lowest BCUT2D eigenvalue weighted by molar-refractivity contribution is -0.150. The monoisotopic (exact) mass is 653 g/mol. The maximum atomic E-state index is 14.7. The third-order valence-corrected chi connectivity index (χ3v) is 11.2. The fourth-order valence-electron chi connectivity index (χ4n) is 8.44. The minimum Gasteiger partial charge on any atom is -0.341 e. The molecule has 4 aliphatic heterocycles. The van der Waals surface area contributed by atoms with Crippen molar-refractivity contribution in [1.29, 1.82) is 0 Å². The van der Waals surface area contributed by atoms with Gasteiger partial charge in [0.05, 0.1) is 5.56 Å². The standard InChI is InChI=1S/C36H46F3N5O3/c1-41-16-9-27(10-17-41)28-11-18-42(19-12-28)33(46)35(15-22-45,24-26-5-4-7-30(23-26)36(37,38)39)43-20-13-31(14-21-43)44-25-29-6-2-3-8-32(29)40-34(44)47/h2-8,22-23,27-28,31H,9-21,24-25H2,1H3,(H,40,47)/t35-/m0/s1. The van der Waals surface area contributed by atoms with Crippen LogP contribution in [0.1, 0.15) is 61.6 Å². The average Bonchev–Trinajstić information content (AvgIpc) is 3.08. The highest BCUT2D eigenvalue weighted by Crippen LogP contribution is 2.38. The van der Waals surface area contributed by atoms with E-state index in [0.717, 1.165) is 68.4 Å². The number of likely N-dealkylation sites (tertiary alicyclic amines) is 3. The summed E-state index contributed by atoms with van der Waals surface area (Å²) in [6.07, 6.45) is 1.42. The van der Waals surface area contributed by atoms with Gasteiger partial charge in [0.2, 0.25) is 5.91 Å². The Hall–Kier alpha value is -3.44. The number of amides is 3. The van der Waals surface area contributed by atoms with Crippen molar-refractivity contribution in [3.05, 3.63) is 65.2 Å². The quantitative estimate of drug-likeness (QED) is 0.372. The second kappa shape index (κ2) is 14.0. The van der Waals surface area contributed by atoms with Gasteiger partial charge in [-0.2, -0.15) is 13.2 Å². The van der Waals surface area contributed by atoms with E-state index in [9.17, 15) is 27.6 Å². The molecule has 0 unspecified atom stereocenters. The van der Waals surface area contributed by atoms with Crippen LogP contribution in [-0.4, -0.2) is 95.7 Å². The third kappa shape index (κ3) is 7.21. The molecule has 0 saturated carbocycles. The van der Waals surface area contributed by atoms with Crippen molar-refractivity contribution in [2.24, 2.45) is 11.8 Å². The second-order valence-corrected chi connectivity index (χ2v) is 14.0. The van der Waals surface area contributed by atoms with Crippen molar-refractivity contribution >= 4 is 23.9 Å². The molecule has 3 amide bonds. The number of rotatable bonds is 8. The van der Waals surface area contributed by atoms with Crippen molar-refractivity contribution in [2.45, 2.75) is 75.7 Å². The molecule has 1 atom stereocenters. The van der Waals surface area contributed by atoms with Crippen LogP contribution in [0.4, 0.5) is 23.7 Å². The number of halogens is 3. The highest BCUT2D eigenvalue weighted by atomic mass is 19.4. The Kier molecular flexibility index (Phi) is 9.94. The van der Waals surface area contributed by atoms with E-state index in [1.165, 1.54) is 6.07 Å². The molecule has 0 bridgehead atoms. The van der Waals surface area contributed by atoms with Crippen molar-refractivity contribution in [3.63, 3.8) is 0 Å². The summed E-state index contributed by atoms with van der Waals surface area (Å²) >= 11 is 0. The zero-order valence-electron chi connectivity index (χ0n) is 27.2. The highest BCUT2D eigenvalue weighted by molar-refractivity contribution is 5.92. The van der Waals surface area contributed by atoms with Crippen LogP contribution in [0.25, 0.3) is 0 Å². The topological polar surface area (TPSA) is 76.2 Å². The summed E-state index contributed by atoms with van der Waals surface area (Å²) in [5.74, 6) is 1.02. The number of fused-ring (bicyclic) bond motifs is 1. The number of carbonyl (C=O) groups excluding carboxylic acids is 3. The largest absolute Gasteiger partial charge is 0.416 e. The van der Waals surface area contributed by atoms with Crippen LogP contribution in [0.15, 0.2) is 48.5 Å². The van der Waals surface area contributed by atoms with Crippen LogP contribution in [0.2, 0.25) is 0 Å². The molecule has 47 heavy (non-hydrogen) atoms. The summed E-state index contributed by atoms with van der Waals surface area (Å²) in [5, 5.41) is 2.98. The lowest BCUT2D eigenvalue weighted by atomic mass is 9.77. The number of carbonyl (C=O) groups is 3. The van der Waals surface area contributed by atoms with Crippen LogP contribution < -0.4 is 5.32 Å². The van der Waals surface area contributed by atoms with E-state index < -0.39 is 17.3 Å². The molecule has 0 aliphatic carbocycles. The molecule has 4 heterocycles. The first kappa shape index (κ1) is 33.5. The molecule has 11 heteroatoms. The molecule has 1 N–H and O–H groups in total. The summed E-state index contributed by atoms with van der Waals surface area (Å²) in [6.45, 7) is 4.73. The molecular formula is C36H46F3N5O3.